The molecule has 1 aromatic carbocycles. The average Bonchev–Trinajstić information content (AvgIpc) is 3.07. The van der Waals surface area contributed by atoms with Crippen LogP contribution in [0.2, 0.25) is 0 Å². The lowest BCUT2D eigenvalue weighted by atomic mass is 10.3. The quantitative estimate of drug-likeness (QED) is 0.813. The Labute approximate surface area is 170 Å². The normalized spacial score (nSPS) is 18.4. The van der Waals surface area contributed by atoms with Gasteiger partial charge >= 0.3 is 0 Å². The van der Waals surface area contributed by atoms with E-state index in [0.29, 0.717) is 19.5 Å². The number of aryl methyl sites for hydroxylation is 1. The highest BCUT2D eigenvalue weighted by atomic mass is 32.2. The Kier molecular flexibility index (Phi) is 7.17. The van der Waals surface area contributed by atoms with Crippen LogP contribution in [0, 0.1) is 6.92 Å². The number of carbonyl (C=O) groups excluding carboxylic acids is 1. The predicted molar refractivity (Wildman–Crippen MR) is 110 cm³/mol. The second kappa shape index (κ2) is 9.60. The summed E-state index contributed by atoms with van der Waals surface area (Å²) >= 11 is 1.62. The number of sulfonamides is 1. The molecular weight excluding hydrogens is 396 g/mol. The molecular formula is C19H26N4O3S2. The monoisotopic (exact) mass is 422 g/mol. The van der Waals surface area contributed by atoms with E-state index in [1.165, 1.54) is 9.18 Å². The Morgan fingerprint density at radius 3 is 2.64 bits per heavy atom. The van der Waals surface area contributed by atoms with Crippen LogP contribution in [0.25, 0.3) is 0 Å². The molecule has 2 heterocycles. The maximum absolute atomic E-state index is 13.0. The van der Waals surface area contributed by atoms with Crippen molar-refractivity contribution in [2.75, 3.05) is 32.7 Å². The van der Waals surface area contributed by atoms with E-state index in [1.54, 1.807) is 41.7 Å². The number of amides is 1. The summed E-state index contributed by atoms with van der Waals surface area (Å²) < 4.78 is 27.4. The van der Waals surface area contributed by atoms with E-state index in [-0.39, 0.29) is 23.8 Å². The number of hydrogen-bond acceptors (Lipinski definition) is 6. The minimum atomic E-state index is -3.61. The zero-order chi connectivity index (χ0) is 20.0. The van der Waals surface area contributed by atoms with Crippen molar-refractivity contribution in [3.63, 3.8) is 0 Å². The maximum Gasteiger partial charge on any atom is 0.243 e. The standard InChI is InChI=1S/C19H26N4O3S2/c1-16-18(27-15-21-16)14-22-10-5-11-23(12-8-19(24)20-9-13-22)28(25,26)17-6-3-2-4-7-17/h2-4,6-7,15H,5,8-14H2,1H3,(H,20,24). The highest BCUT2D eigenvalue weighted by molar-refractivity contribution is 7.89. The first kappa shape index (κ1) is 20.9. The lowest BCUT2D eigenvalue weighted by molar-refractivity contribution is -0.121. The van der Waals surface area contributed by atoms with Crippen molar-refractivity contribution in [2.24, 2.45) is 0 Å². The molecule has 3 rings (SSSR count). The first-order valence-electron chi connectivity index (χ1n) is 9.40. The molecule has 0 unspecified atom stereocenters. The third-order valence-electron chi connectivity index (χ3n) is 4.81. The molecule has 1 aliphatic heterocycles. The first-order valence-corrected chi connectivity index (χ1v) is 11.7. The van der Waals surface area contributed by atoms with Crippen molar-refractivity contribution in [1.82, 2.24) is 19.5 Å². The molecule has 0 spiro atoms. The highest BCUT2D eigenvalue weighted by Gasteiger charge is 2.25. The maximum atomic E-state index is 13.0. The largest absolute Gasteiger partial charge is 0.355 e. The summed E-state index contributed by atoms with van der Waals surface area (Å²) in [5.41, 5.74) is 2.86. The molecule has 7 nitrogen and oxygen atoms in total. The van der Waals surface area contributed by atoms with Gasteiger partial charge in [0.15, 0.2) is 0 Å². The molecule has 1 aliphatic rings. The van der Waals surface area contributed by atoms with E-state index in [1.807, 2.05) is 12.4 Å². The van der Waals surface area contributed by atoms with Crippen molar-refractivity contribution in [1.29, 1.82) is 0 Å². The molecule has 0 saturated carbocycles. The van der Waals surface area contributed by atoms with Gasteiger partial charge in [-0.2, -0.15) is 4.31 Å². The third kappa shape index (κ3) is 5.38. The van der Waals surface area contributed by atoms with Crippen LogP contribution in [0.4, 0.5) is 0 Å². The summed E-state index contributed by atoms with van der Waals surface area (Å²) in [5.74, 6) is -0.121. The number of nitrogens with one attached hydrogen (secondary N) is 1. The summed E-state index contributed by atoms with van der Waals surface area (Å²) in [6.45, 7) is 5.39. The number of aromatic nitrogens is 1. The Morgan fingerprint density at radius 1 is 1.14 bits per heavy atom. The Balaban J connectivity index is 1.73. The molecule has 1 fully saturated rings. The van der Waals surface area contributed by atoms with Gasteiger partial charge in [-0.3, -0.25) is 9.69 Å². The van der Waals surface area contributed by atoms with E-state index < -0.39 is 10.0 Å². The number of thiazole rings is 1. The average molecular weight is 423 g/mol. The second-order valence-electron chi connectivity index (χ2n) is 6.81. The Morgan fingerprint density at radius 2 is 1.93 bits per heavy atom. The van der Waals surface area contributed by atoms with Crippen molar-refractivity contribution in [2.45, 2.75) is 31.2 Å². The molecule has 1 saturated heterocycles. The van der Waals surface area contributed by atoms with Crippen LogP contribution >= 0.6 is 11.3 Å². The van der Waals surface area contributed by atoms with Crippen LogP contribution in [-0.4, -0.2) is 61.2 Å². The predicted octanol–water partition coefficient (Wildman–Crippen LogP) is 1.85. The number of nitrogens with zero attached hydrogens (tertiary/aromatic N) is 3. The zero-order valence-corrected chi connectivity index (χ0v) is 17.6. The number of carbonyl (C=O) groups is 1. The van der Waals surface area contributed by atoms with E-state index in [0.717, 1.165) is 25.3 Å². The fourth-order valence-corrected chi connectivity index (χ4v) is 5.50. The molecule has 2 aromatic rings. The molecule has 0 radical (unpaired) electrons. The summed E-state index contributed by atoms with van der Waals surface area (Å²) in [5, 5.41) is 2.90. The number of hydrogen-bond donors (Lipinski definition) is 1. The summed E-state index contributed by atoms with van der Waals surface area (Å²) in [6, 6.07) is 8.41. The fourth-order valence-electron chi connectivity index (χ4n) is 3.18. The summed E-state index contributed by atoms with van der Waals surface area (Å²) in [6.07, 6.45) is 0.873. The van der Waals surface area contributed by atoms with E-state index in [9.17, 15) is 13.2 Å². The molecule has 1 aromatic heterocycles. The van der Waals surface area contributed by atoms with E-state index in [4.69, 9.17) is 0 Å². The van der Waals surface area contributed by atoms with E-state index in [2.05, 4.69) is 15.2 Å². The van der Waals surface area contributed by atoms with Crippen LogP contribution < -0.4 is 5.32 Å². The molecule has 1 amide bonds. The van der Waals surface area contributed by atoms with Crippen molar-refractivity contribution in [3.8, 4) is 0 Å². The lowest BCUT2D eigenvalue weighted by Crippen LogP contribution is -2.36. The number of benzene rings is 1. The van der Waals surface area contributed by atoms with E-state index >= 15 is 0 Å². The van der Waals surface area contributed by atoms with Gasteiger partial charge in [0.25, 0.3) is 0 Å². The van der Waals surface area contributed by atoms with Crippen molar-refractivity contribution in [3.05, 3.63) is 46.4 Å². The number of rotatable bonds is 4. The highest BCUT2D eigenvalue weighted by Crippen LogP contribution is 2.18. The molecule has 1 N–H and O–H groups in total. The van der Waals surface area contributed by atoms with Crippen molar-refractivity contribution >= 4 is 27.3 Å². The summed E-state index contributed by atoms with van der Waals surface area (Å²) in [7, 11) is -3.61. The van der Waals surface area contributed by atoms with Crippen LogP contribution in [0.5, 0.6) is 0 Å². The minimum absolute atomic E-state index is 0.121. The molecule has 28 heavy (non-hydrogen) atoms. The topological polar surface area (TPSA) is 82.6 Å². The lowest BCUT2D eigenvalue weighted by Gasteiger charge is -2.24. The van der Waals surface area contributed by atoms with Crippen molar-refractivity contribution < 1.29 is 13.2 Å². The van der Waals surface area contributed by atoms with Gasteiger partial charge in [-0.1, -0.05) is 18.2 Å². The Bertz CT molecular complexity index is 884. The minimum Gasteiger partial charge on any atom is -0.355 e. The summed E-state index contributed by atoms with van der Waals surface area (Å²) in [4.78, 5) is 20.2. The zero-order valence-electron chi connectivity index (χ0n) is 16.0. The molecule has 0 atom stereocenters. The van der Waals surface area contributed by atoms with Gasteiger partial charge in [-0.05, 0) is 32.0 Å². The van der Waals surface area contributed by atoms with Gasteiger partial charge in [0.1, 0.15) is 0 Å². The van der Waals surface area contributed by atoms with Gasteiger partial charge in [0.05, 0.1) is 16.1 Å². The molecule has 0 bridgehead atoms. The Hall–Kier alpha value is -1.81. The van der Waals surface area contributed by atoms with Gasteiger partial charge in [0.2, 0.25) is 15.9 Å². The van der Waals surface area contributed by atoms with Crippen LogP contribution in [0.1, 0.15) is 23.4 Å². The van der Waals surface area contributed by atoms with Crippen LogP contribution in [0.3, 0.4) is 0 Å². The first-order chi connectivity index (χ1) is 13.5. The smallest absolute Gasteiger partial charge is 0.243 e. The molecule has 0 aliphatic carbocycles. The second-order valence-corrected chi connectivity index (χ2v) is 9.68. The SMILES string of the molecule is Cc1ncsc1CN1CCCN(S(=O)(=O)c2ccccc2)CCC(=O)NCC1. The fraction of sp³-hybridized carbons (Fsp3) is 0.474. The molecule has 9 heteroatoms. The van der Waals surface area contributed by atoms with Gasteiger partial charge in [-0.15, -0.1) is 11.3 Å². The molecule has 152 valence electrons. The van der Waals surface area contributed by atoms with Gasteiger partial charge < -0.3 is 5.32 Å². The van der Waals surface area contributed by atoms with Gasteiger partial charge in [-0.25, -0.2) is 13.4 Å². The van der Waals surface area contributed by atoms with Crippen LogP contribution in [0.15, 0.2) is 40.7 Å². The van der Waals surface area contributed by atoms with Crippen LogP contribution in [-0.2, 0) is 21.4 Å². The van der Waals surface area contributed by atoms with Gasteiger partial charge in [0, 0.05) is 44.0 Å². The third-order valence-corrected chi connectivity index (χ3v) is 7.65.